The molecule has 2 atom stereocenters. The first-order chi connectivity index (χ1) is 15.5. The zero-order valence-corrected chi connectivity index (χ0v) is 19.3. The van der Waals surface area contributed by atoms with Crippen molar-refractivity contribution in [2.75, 3.05) is 11.3 Å². The fraction of sp³-hybridized carbons (Fsp3) is 0.227. The predicted octanol–water partition coefficient (Wildman–Crippen LogP) is 5.06. The molecule has 2 N–H and O–H groups in total. The van der Waals surface area contributed by atoms with Crippen molar-refractivity contribution < 1.29 is 31.4 Å². The maximum absolute atomic E-state index is 12.8. The lowest BCUT2D eigenvalue weighted by molar-refractivity contribution is -0.0429. The van der Waals surface area contributed by atoms with E-state index < -0.39 is 21.6 Å². The standard InChI is InChI=1S/C22H18BrF3N2O4S/c23-15-6-7-16(27-11-15)9-14-12-32-20-10-13(5-8-18(20)21(14)29)17-3-1-2-4-19(17)28-33(30,31)22(24,25)26/h1-8,10-11,14,21,28-29H,9,12H2/t14-,21-/m0/s1. The first kappa shape index (κ1) is 23.5. The van der Waals surface area contributed by atoms with Crippen LogP contribution in [0.15, 0.2) is 65.3 Å². The Morgan fingerprint density at radius 1 is 1.15 bits per heavy atom. The number of ether oxygens (including phenoxy) is 1. The predicted molar refractivity (Wildman–Crippen MR) is 120 cm³/mol. The second-order valence-corrected chi connectivity index (χ2v) is 10.1. The monoisotopic (exact) mass is 542 g/mol. The van der Waals surface area contributed by atoms with Crippen LogP contribution in [0.2, 0.25) is 0 Å². The summed E-state index contributed by atoms with van der Waals surface area (Å²) < 4.78 is 69.9. The third-order valence-corrected chi connectivity index (χ3v) is 6.85. The normalized spacial score (nSPS) is 18.3. The van der Waals surface area contributed by atoms with E-state index in [1.165, 1.54) is 18.2 Å². The second-order valence-electron chi connectivity index (χ2n) is 7.54. The molecule has 1 aliphatic heterocycles. The van der Waals surface area contributed by atoms with Crippen molar-refractivity contribution in [2.24, 2.45) is 5.92 Å². The molecular weight excluding hydrogens is 525 g/mol. The van der Waals surface area contributed by atoms with Crippen LogP contribution in [0.3, 0.4) is 0 Å². The molecule has 0 aliphatic carbocycles. The highest BCUT2D eigenvalue weighted by molar-refractivity contribution is 9.10. The van der Waals surface area contributed by atoms with Crippen molar-refractivity contribution >= 4 is 31.6 Å². The van der Waals surface area contributed by atoms with Crippen LogP contribution in [-0.4, -0.2) is 30.6 Å². The smallest absolute Gasteiger partial charge is 0.493 e. The number of benzene rings is 2. The van der Waals surface area contributed by atoms with E-state index in [1.807, 2.05) is 12.1 Å². The minimum Gasteiger partial charge on any atom is -0.493 e. The van der Waals surface area contributed by atoms with Gasteiger partial charge >= 0.3 is 15.5 Å². The van der Waals surface area contributed by atoms with E-state index in [2.05, 4.69) is 20.9 Å². The Bertz CT molecular complexity index is 1270. The number of fused-ring (bicyclic) bond motifs is 1. The van der Waals surface area contributed by atoms with Gasteiger partial charge in [0.2, 0.25) is 0 Å². The van der Waals surface area contributed by atoms with Crippen molar-refractivity contribution in [2.45, 2.75) is 18.0 Å². The summed E-state index contributed by atoms with van der Waals surface area (Å²) in [7, 11) is -5.58. The molecule has 2 heterocycles. The van der Waals surface area contributed by atoms with Gasteiger partial charge in [-0.15, -0.1) is 0 Å². The number of pyridine rings is 1. The maximum Gasteiger partial charge on any atom is 0.516 e. The SMILES string of the molecule is O=S(=O)(Nc1ccccc1-c1ccc2c(c1)OC[C@H](Cc1ccc(Br)cn1)[C@@H]2O)C(F)(F)F. The summed E-state index contributed by atoms with van der Waals surface area (Å²) in [6.45, 7) is 0.220. The Kier molecular flexibility index (Phi) is 6.39. The minimum absolute atomic E-state index is 0.217. The van der Waals surface area contributed by atoms with E-state index in [0.717, 1.165) is 10.2 Å². The van der Waals surface area contributed by atoms with E-state index in [0.29, 0.717) is 23.3 Å². The third kappa shape index (κ3) is 4.99. The number of para-hydroxylation sites is 1. The Labute approximate surface area is 196 Å². The molecular formula is C22H18BrF3N2O4S. The average molecular weight is 543 g/mol. The number of anilines is 1. The molecule has 1 aromatic heterocycles. The van der Waals surface area contributed by atoms with Gasteiger partial charge in [0.1, 0.15) is 5.75 Å². The third-order valence-electron chi connectivity index (χ3n) is 5.28. The molecule has 33 heavy (non-hydrogen) atoms. The maximum atomic E-state index is 12.8. The summed E-state index contributed by atoms with van der Waals surface area (Å²) in [5, 5.41) is 10.9. The van der Waals surface area contributed by atoms with Crippen LogP contribution in [0.5, 0.6) is 5.75 Å². The van der Waals surface area contributed by atoms with Gasteiger partial charge in [0, 0.05) is 33.4 Å². The number of aliphatic hydroxyl groups excluding tert-OH is 1. The summed E-state index contributed by atoms with van der Waals surface area (Å²) in [5.41, 5.74) is -3.63. The molecule has 0 spiro atoms. The van der Waals surface area contributed by atoms with Crippen molar-refractivity contribution in [1.82, 2.24) is 4.98 Å². The van der Waals surface area contributed by atoms with Crippen molar-refractivity contribution in [3.05, 3.63) is 76.5 Å². The van der Waals surface area contributed by atoms with Crippen LogP contribution in [0.4, 0.5) is 18.9 Å². The van der Waals surface area contributed by atoms with Gasteiger partial charge in [0.15, 0.2) is 0 Å². The van der Waals surface area contributed by atoms with E-state index >= 15 is 0 Å². The van der Waals surface area contributed by atoms with Gasteiger partial charge in [-0.05, 0) is 52.2 Å². The number of nitrogens with one attached hydrogen (secondary N) is 1. The number of rotatable bonds is 5. The fourth-order valence-corrected chi connectivity index (χ4v) is 4.42. The Hall–Kier alpha value is -2.63. The van der Waals surface area contributed by atoms with Crippen LogP contribution in [-0.2, 0) is 16.4 Å². The molecule has 11 heteroatoms. The van der Waals surface area contributed by atoms with Crippen LogP contribution in [0.1, 0.15) is 17.4 Å². The summed E-state index contributed by atoms with van der Waals surface area (Å²) >= 11 is 3.33. The molecule has 174 valence electrons. The van der Waals surface area contributed by atoms with E-state index in [4.69, 9.17) is 4.74 Å². The number of alkyl halides is 3. The van der Waals surface area contributed by atoms with Gasteiger partial charge in [0.05, 0.1) is 18.4 Å². The first-order valence-electron chi connectivity index (χ1n) is 9.79. The highest BCUT2D eigenvalue weighted by atomic mass is 79.9. The summed E-state index contributed by atoms with van der Waals surface area (Å²) in [6.07, 6.45) is 1.35. The number of nitrogens with zero attached hydrogens (tertiary/aromatic N) is 1. The second kappa shape index (κ2) is 8.96. The molecule has 0 radical (unpaired) electrons. The molecule has 0 saturated carbocycles. The van der Waals surface area contributed by atoms with Gasteiger partial charge in [-0.3, -0.25) is 9.71 Å². The average Bonchev–Trinajstić information content (AvgIpc) is 2.76. The van der Waals surface area contributed by atoms with Gasteiger partial charge in [-0.1, -0.05) is 30.3 Å². The van der Waals surface area contributed by atoms with Crippen LogP contribution < -0.4 is 9.46 Å². The Morgan fingerprint density at radius 2 is 1.91 bits per heavy atom. The Balaban J connectivity index is 1.60. The van der Waals surface area contributed by atoms with Gasteiger partial charge < -0.3 is 9.84 Å². The summed E-state index contributed by atoms with van der Waals surface area (Å²) in [5.74, 6) is 0.149. The lowest BCUT2D eigenvalue weighted by Crippen LogP contribution is -2.30. The number of aromatic nitrogens is 1. The molecule has 0 fully saturated rings. The summed E-state index contributed by atoms with van der Waals surface area (Å²) in [6, 6.07) is 14.3. The molecule has 0 bridgehead atoms. The summed E-state index contributed by atoms with van der Waals surface area (Å²) in [4.78, 5) is 4.32. The van der Waals surface area contributed by atoms with Crippen molar-refractivity contribution in [3.63, 3.8) is 0 Å². The zero-order chi connectivity index (χ0) is 23.8. The molecule has 0 unspecified atom stereocenters. The lowest BCUT2D eigenvalue weighted by atomic mass is 9.88. The number of hydrogen-bond acceptors (Lipinski definition) is 5. The molecule has 3 aromatic rings. The lowest BCUT2D eigenvalue weighted by Gasteiger charge is -2.30. The van der Waals surface area contributed by atoms with Gasteiger partial charge in [0.25, 0.3) is 0 Å². The molecule has 6 nitrogen and oxygen atoms in total. The van der Waals surface area contributed by atoms with E-state index in [1.54, 1.807) is 35.2 Å². The van der Waals surface area contributed by atoms with E-state index in [9.17, 15) is 26.7 Å². The fourth-order valence-electron chi connectivity index (χ4n) is 3.61. The minimum atomic E-state index is -5.58. The highest BCUT2D eigenvalue weighted by Gasteiger charge is 2.46. The number of aliphatic hydroxyl groups is 1. The molecule has 1 aliphatic rings. The molecule has 0 amide bonds. The number of sulfonamides is 1. The largest absolute Gasteiger partial charge is 0.516 e. The van der Waals surface area contributed by atoms with Crippen LogP contribution >= 0.6 is 15.9 Å². The number of hydrogen-bond donors (Lipinski definition) is 2. The molecule has 2 aromatic carbocycles. The van der Waals surface area contributed by atoms with E-state index in [-0.39, 0.29) is 23.8 Å². The van der Waals surface area contributed by atoms with Crippen LogP contribution in [0, 0.1) is 5.92 Å². The topological polar surface area (TPSA) is 88.5 Å². The number of halogens is 4. The van der Waals surface area contributed by atoms with Crippen LogP contribution in [0.25, 0.3) is 11.1 Å². The van der Waals surface area contributed by atoms with Crippen molar-refractivity contribution in [3.8, 4) is 16.9 Å². The molecule has 4 rings (SSSR count). The quantitative estimate of drug-likeness (QED) is 0.470. The zero-order valence-electron chi connectivity index (χ0n) is 16.9. The Morgan fingerprint density at radius 3 is 2.61 bits per heavy atom. The van der Waals surface area contributed by atoms with Gasteiger partial charge in [-0.25, -0.2) is 0 Å². The molecule has 0 saturated heterocycles. The van der Waals surface area contributed by atoms with Crippen molar-refractivity contribution in [1.29, 1.82) is 0 Å². The first-order valence-corrected chi connectivity index (χ1v) is 12.1. The van der Waals surface area contributed by atoms with Gasteiger partial charge in [-0.2, -0.15) is 21.6 Å². The highest BCUT2D eigenvalue weighted by Crippen LogP contribution is 2.41.